The van der Waals surface area contributed by atoms with Gasteiger partial charge in [0.2, 0.25) is 0 Å². The first-order valence-electron chi connectivity index (χ1n) is 6.72. The minimum atomic E-state index is 0.429. The van der Waals surface area contributed by atoms with Crippen molar-refractivity contribution in [1.82, 2.24) is 14.9 Å². The van der Waals surface area contributed by atoms with Crippen molar-refractivity contribution in [1.29, 1.82) is 0 Å². The fraction of sp³-hybridized carbons (Fsp3) is 0.571. The highest BCUT2D eigenvalue weighted by atomic mass is 32.1. The van der Waals surface area contributed by atoms with E-state index < -0.39 is 0 Å². The highest BCUT2D eigenvalue weighted by molar-refractivity contribution is 7.16. The van der Waals surface area contributed by atoms with E-state index >= 15 is 0 Å². The molecule has 5 heteroatoms. The third-order valence-electron chi connectivity index (χ3n) is 3.73. The van der Waals surface area contributed by atoms with Crippen LogP contribution in [0.1, 0.15) is 26.1 Å². The number of likely N-dealkylation sites (tertiary alicyclic amines) is 1. The van der Waals surface area contributed by atoms with Crippen LogP contribution in [-0.2, 0) is 6.54 Å². The Bertz CT molecular complexity index is 590. The number of hydrogen-bond donors (Lipinski definition) is 1. The molecule has 0 spiro atoms. The Morgan fingerprint density at radius 3 is 2.95 bits per heavy atom. The molecule has 102 valence electrons. The molecule has 0 bridgehead atoms. The molecular weight excluding hydrogens is 256 g/mol. The molecule has 1 aliphatic heterocycles. The van der Waals surface area contributed by atoms with Crippen LogP contribution >= 0.6 is 11.3 Å². The summed E-state index contributed by atoms with van der Waals surface area (Å²) >= 11 is 1.68. The highest BCUT2D eigenvalue weighted by Gasteiger charge is 2.29. The highest BCUT2D eigenvalue weighted by Crippen LogP contribution is 2.30. The summed E-state index contributed by atoms with van der Waals surface area (Å²) in [5, 5.41) is 6.37. The maximum atomic E-state index is 4.68. The second-order valence-electron chi connectivity index (χ2n) is 6.00. The number of fused-ring (bicyclic) bond motifs is 1. The Morgan fingerprint density at radius 1 is 1.42 bits per heavy atom. The lowest BCUT2D eigenvalue weighted by molar-refractivity contribution is 0.279. The molecule has 1 aliphatic rings. The summed E-state index contributed by atoms with van der Waals surface area (Å²) in [6.07, 6.45) is 1.26. The first-order valence-corrected chi connectivity index (χ1v) is 7.60. The third-order valence-corrected chi connectivity index (χ3v) is 4.54. The standard InChI is InChI=1S/C14H20N4S/c1-14(2)5-6-18(9-14)8-11-16-12(15-3)10-4-7-19-13(10)17-11/h4,7H,5-6,8-9H2,1-3H3,(H,15,16,17). The van der Waals surface area contributed by atoms with E-state index in [0.29, 0.717) is 5.41 Å². The van der Waals surface area contributed by atoms with Gasteiger partial charge < -0.3 is 5.32 Å². The molecule has 0 unspecified atom stereocenters. The fourth-order valence-electron chi connectivity index (χ4n) is 2.72. The quantitative estimate of drug-likeness (QED) is 0.935. The zero-order chi connectivity index (χ0) is 13.5. The van der Waals surface area contributed by atoms with Crippen LogP contribution in [0.4, 0.5) is 5.82 Å². The summed E-state index contributed by atoms with van der Waals surface area (Å²) in [6.45, 7) is 7.79. The molecule has 0 amide bonds. The molecule has 3 heterocycles. The van der Waals surface area contributed by atoms with Gasteiger partial charge in [-0.2, -0.15) is 0 Å². The van der Waals surface area contributed by atoms with Crippen LogP contribution in [-0.4, -0.2) is 35.0 Å². The average molecular weight is 276 g/mol. The average Bonchev–Trinajstić information content (AvgIpc) is 2.94. The molecule has 1 fully saturated rings. The van der Waals surface area contributed by atoms with Gasteiger partial charge in [-0.05, 0) is 29.8 Å². The predicted molar refractivity (Wildman–Crippen MR) is 80.6 cm³/mol. The number of aromatic nitrogens is 2. The molecule has 0 aromatic carbocycles. The van der Waals surface area contributed by atoms with Crippen LogP contribution in [0.15, 0.2) is 11.4 Å². The van der Waals surface area contributed by atoms with E-state index in [9.17, 15) is 0 Å². The van der Waals surface area contributed by atoms with Crippen LogP contribution in [0.25, 0.3) is 10.2 Å². The zero-order valence-corrected chi connectivity index (χ0v) is 12.5. The lowest BCUT2D eigenvalue weighted by Crippen LogP contribution is -2.24. The first-order chi connectivity index (χ1) is 9.07. The molecule has 3 rings (SSSR count). The van der Waals surface area contributed by atoms with E-state index in [1.807, 2.05) is 7.05 Å². The molecule has 0 radical (unpaired) electrons. The van der Waals surface area contributed by atoms with Gasteiger partial charge in [-0.15, -0.1) is 11.3 Å². The van der Waals surface area contributed by atoms with E-state index in [-0.39, 0.29) is 0 Å². The van der Waals surface area contributed by atoms with Crippen LogP contribution < -0.4 is 5.32 Å². The molecule has 1 N–H and O–H groups in total. The second kappa shape index (κ2) is 4.72. The van der Waals surface area contributed by atoms with E-state index in [2.05, 4.69) is 45.5 Å². The monoisotopic (exact) mass is 276 g/mol. The molecule has 0 aliphatic carbocycles. The van der Waals surface area contributed by atoms with Gasteiger partial charge in [-0.1, -0.05) is 13.8 Å². The van der Waals surface area contributed by atoms with Crippen LogP contribution in [0, 0.1) is 5.41 Å². The van der Waals surface area contributed by atoms with Crippen molar-refractivity contribution in [3.8, 4) is 0 Å². The Kier molecular flexibility index (Phi) is 3.19. The number of anilines is 1. The van der Waals surface area contributed by atoms with Gasteiger partial charge in [-0.3, -0.25) is 4.90 Å². The van der Waals surface area contributed by atoms with Crippen molar-refractivity contribution < 1.29 is 0 Å². The molecule has 2 aromatic heterocycles. The van der Waals surface area contributed by atoms with Gasteiger partial charge in [0, 0.05) is 13.6 Å². The van der Waals surface area contributed by atoms with Gasteiger partial charge in [0.05, 0.1) is 11.9 Å². The third kappa shape index (κ3) is 2.58. The number of nitrogens with zero attached hydrogens (tertiary/aromatic N) is 3. The van der Waals surface area contributed by atoms with Crippen molar-refractivity contribution in [2.75, 3.05) is 25.5 Å². The summed E-state index contributed by atoms with van der Waals surface area (Å²) in [4.78, 5) is 12.9. The van der Waals surface area contributed by atoms with Crippen molar-refractivity contribution in [2.24, 2.45) is 5.41 Å². The number of hydrogen-bond acceptors (Lipinski definition) is 5. The van der Waals surface area contributed by atoms with Gasteiger partial charge in [0.25, 0.3) is 0 Å². The van der Waals surface area contributed by atoms with Crippen LogP contribution in [0.2, 0.25) is 0 Å². The first kappa shape index (κ1) is 12.8. The van der Waals surface area contributed by atoms with Crippen molar-refractivity contribution in [3.05, 3.63) is 17.3 Å². The number of rotatable bonds is 3. The Hall–Kier alpha value is -1.20. The smallest absolute Gasteiger partial charge is 0.146 e. The van der Waals surface area contributed by atoms with E-state index in [1.165, 1.54) is 6.42 Å². The summed E-state index contributed by atoms with van der Waals surface area (Å²) in [6, 6.07) is 2.08. The zero-order valence-electron chi connectivity index (χ0n) is 11.7. The van der Waals surface area contributed by atoms with Gasteiger partial charge in [-0.25, -0.2) is 9.97 Å². The van der Waals surface area contributed by atoms with Gasteiger partial charge >= 0.3 is 0 Å². The lowest BCUT2D eigenvalue weighted by atomic mass is 9.93. The molecule has 0 atom stereocenters. The predicted octanol–water partition coefficient (Wildman–Crippen LogP) is 2.96. The summed E-state index contributed by atoms with van der Waals surface area (Å²) in [7, 11) is 1.92. The molecule has 0 saturated carbocycles. The maximum absolute atomic E-state index is 4.68. The SMILES string of the molecule is CNc1nc(CN2CCC(C)(C)C2)nc2sccc12. The fourth-order valence-corrected chi connectivity index (χ4v) is 3.50. The van der Waals surface area contributed by atoms with Crippen molar-refractivity contribution >= 4 is 27.4 Å². The topological polar surface area (TPSA) is 41.1 Å². The molecule has 2 aromatic rings. The summed E-state index contributed by atoms with van der Waals surface area (Å²) in [5.41, 5.74) is 0.429. The Balaban J connectivity index is 1.85. The van der Waals surface area contributed by atoms with E-state index in [4.69, 9.17) is 0 Å². The Labute approximate surface area is 117 Å². The Morgan fingerprint density at radius 2 is 2.26 bits per heavy atom. The normalized spacial score (nSPS) is 19.1. The minimum Gasteiger partial charge on any atom is -0.372 e. The summed E-state index contributed by atoms with van der Waals surface area (Å²) < 4.78 is 0. The van der Waals surface area contributed by atoms with Crippen LogP contribution in [0.5, 0.6) is 0 Å². The second-order valence-corrected chi connectivity index (χ2v) is 6.90. The summed E-state index contributed by atoms with van der Waals surface area (Å²) in [5.74, 6) is 1.87. The lowest BCUT2D eigenvalue weighted by Gasteiger charge is -2.19. The van der Waals surface area contributed by atoms with E-state index in [1.54, 1.807) is 11.3 Å². The molecule has 4 nitrogen and oxygen atoms in total. The largest absolute Gasteiger partial charge is 0.372 e. The van der Waals surface area contributed by atoms with Gasteiger partial charge in [0.15, 0.2) is 0 Å². The number of thiophene rings is 1. The molecular formula is C14H20N4S. The van der Waals surface area contributed by atoms with E-state index in [0.717, 1.165) is 41.5 Å². The van der Waals surface area contributed by atoms with Crippen molar-refractivity contribution in [3.63, 3.8) is 0 Å². The minimum absolute atomic E-state index is 0.429. The van der Waals surface area contributed by atoms with Crippen LogP contribution in [0.3, 0.4) is 0 Å². The molecule has 19 heavy (non-hydrogen) atoms. The number of nitrogens with one attached hydrogen (secondary N) is 1. The molecule has 1 saturated heterocycles. The van der Waals surface area contributed by atoms with Gasteiger partial charge in [0.1, 0.15) is 16.5 Å². The van der Waals surface area contributed by atoms with Crippen molar-refractivity contribution in [2.45, 2.75) is 26.8 Å². The maximum Gasteiger partial charge on any atom is 0.146 e.